The van der Waals surface area contributed by atoms with E-state index in [2.05, 4.69) is 15.0 Å². The van der Waals surface area contributed by atoms with E-state index in [1.165, 1.54) is 16.2 Å². The van der Waals surface area contributed by atoms with E-state index < -0.39 is 17.0 Å². The maximum Gasteiger partial charge on any atom is 0.329 e. The number of carbonyl (C=O) groups is 2. The van der Waals surface area contributed by atoms with Gasteiger partial charge in [0.1, 0.15) is 16.2 Å². The van der Waals surface area contributed by atoms with Gasteiger partial charge in [-0.05, 0) is 17.9 Å². The number of nitrogens with zero attached hydrogens (tertiary/aromatic N) is 3. The number of aromatic nitrogens is 4. The number of thiophene rings is 1. The first kappa shape index (κ1) is 24.1. The normalized spacial score (nSPS) is 10.4. The van der Waals surface area contributed by atoms with Crippen LogP contribution in [0.1, 0.15) is 23.7 Å². The molecule has 3 heterocycles. The zero-order chi connectivity index (χ0) is 23.1. The van der Waals surface area contributed by atoms with Gasteiger partial charge in [-0.1, -0.05) is 18.7 Å². The summed E-state index contributed by atoms with van der Waals surface area (Å²) in [5, 5.41) is 2.51. The van der Waals surface area contributed by atoms with Crippen molar-refractivity contribution in [2.75, 3.05) is 25.6 Å². The summed E-state index contributed by atoms with van der Waals surface area (Å²) < 4.78 is 1.16. The van der Waals surface area contributed by atoms with E-state index in [1.54, 1.807) is 25.5 Å². The molecular formula is C18H22N6O5S2. The molecule has 0 fully saturated rings. The van der Waals surface area contributed by atoms with E-state index in [-0.39, 0.29) is 27.8 Å². The van der Waals surface area contributed by atoms with Crippen LogP contribution in [0, 0.1) is 0 Å². The molecule has 4 N–H and O–H groups in total. The molecule has 0 atom stereocenters. The van der Waals surface area contributed by atoms with Crippen LogP contribution < -0.4 is 22.5 Å². The summed E-state index contributed by atoms with van der Waals surface area (Å²) >= 11 is 2.31. The number of nitrogens with two attached hydrogens (primary N) is 1. The Kier molecular flexibility index (Phi) is 8.33. The third-order valence-electron chi connectivity index (χ3n) is 3.83. The lowest BCUT2D eigenvalue weighted by Gasteiger charge is -2.10. The van der Waals surface area contributed by atoms with Gasteiger partial charge in [0.15, 0.2) is 10.9 Å². The van der Waals surface area contributed by atoms with Gasteiger partial charge in [0.25, 0.3) is 11.1 Å². The standard InChI is InChI=1S/C15H15N5O4S2.C3H7NO/c1-2-4-20-10(16)9(12(23)18-15(20)24)8(21)6-26-14-17-11(22)7-3-5-25-13(7)19-14;1-4(2)3-5/h3,5H,2,4,6,16H2,1H3,(H,17,19,22)(H,18,23,24);3H,1-2H3. The van der Waals surface area contributed by atoms with Crippen LogP contribution in [0.25, 0.3) is 10.2 Å². The predicted octanol–water partition coefficient (Wildman–Crippen LogP) is 0.506. The predicted molar refractivity (Wildman–Crippen MR) is 121 cm³/mol. The van der Waals surface area contributed by atoms with Crippen molar-refractivity contribution in [3.05, 3.63) is 48.2 Å². The number of nitrogens with one attached hydrogen (secondary N) is 2. The Labute approximate surface area is 184 Å². The van der Waals surface area contributed by atoms with Crippen molar-refractivity contribution in [1.29, 1.82) is 0 Å². The number of Topliss-reactive ketones (excluding diaryl/α,β-unsaturated/α-hetero) is 1. The van der Waals surface area contributed by atoms with Crippen molar-refractivity contribution in [3.8, 4) is 0 Å². The summed E-state index contributed by atoms with van der Waals surface area (Å²) in [4.78, 5) is 68.6. The number of fused-ring (bicyclic) bond motifs is 1. The highest BCUT2D eigenvalue weighted by Gasteiger charge is 2.19. The molecule has 0 aliphatic carbocycles. The SMILES string of the molecule is CCCn1c(N)c(C(=O)CSc2nc3sccc3c(=O)[nH]2)c(=O)[nH]c1=O.CN(C)C=O. The number of nitrogen functional groups attached to an aromatic ring is 1. The third kappa shape index (κ3) is 5.92. The molecule has 0 saturated carbocycles. The Bertz CT molecular complexity index is 1260. The summed E-state index contributed by atoms with van der Waals surface area (Å²) in [5.74, 6) is -0.855. The van der Waals surface area contributed by atoms with Crippen molar-refractivity contribution >= 4 is 51.3 Å². The quantitative estimate of drug-likeness (QED) is 0.196. The zero-order valence-corrected chi connectivity index (χ0v) is 18.8. The molecular weight excluding hydrogens is 444 g/mol. The summed E-state index contributed by atoms with van der Waals surface area (Å²) in [5.41, 5.74) is 3.85. The smallest absolute Gasteiger partial charge is 0.329 e. The molecule has 3 aromatic heterocycles. The molecule has 166 valence electrons. The van der Waals surface area contributed by atoms with Gasteiger partial charge in [-0.2, -0.15) is 0 Å². The number of ketones is 1. The van der Waals surface area contributed by atoms with Crippen molar-refractivity contribution < 1.29 is 9.59 Å². The molecule has 0 unspecified atom stereocenters. The van der Waals surface area contributed by atoms with Gasteiger partial charge in [-0.3, -0.25) is 28.7 Å². The number of rotatable bonds is 7. The van der Waals surface area contributed by atoms with Crippen LogP contribution in [0.15, 0.2) is 31.0 Å². The van der Waals surface area contributed by atoms with Gasteiger partial charge in [0.2, 0.25) is 6.41 Å². The fourth-order valence-electron chi connectivity index (χ4n) is 2.42. The molecule has 0 saturated heterocycles. The van der Waals surface area contributed by atoms with Crippen LogP contribution in [0.4, 0.5) is 5.82 Å². The lowest BCUT2D eigenvalue weighted by Crippen LogP contribution is -2.36. The summed E-state index contributed by atoms with van der Waals surface area (Å²) in [6, 6.07) is 1.67. The molecule has 0 aromatic carbocycles. The van der Waals surface area contributed by atoms with Gasteiger partial charge < -0.3 is 15.6 Å². The molecule has 1 amide bonds. The minimum absolute atomic E-state index is 0.152. The number of H-pyrrole nitrogens is 2. The second-order valence-corrected chi connectivity index (χ2v) is 8.32. The van der Waals surface area contributed by atoms with E-state index in [1.807, 2.05) is 6.92 Å². The maximum atomic E-state index is 12.5. The van der Waals surface area contributed by atoms with E-state index in [0.717, 1.165) is 22.7 Å². The monoisotopic (exact) mass is 466 g/mol. The van der Waals surface area contributed by atoms with Crippen LogP contribution in [0.3, 0.4) is 0 Å². The fourth-order valence-corrected chi connectivity index (χ4v) is 3.98. The molecule has 0 aliphatic rings. The van der Waals surface area contributed by atoms with Crippen LogP contribution in [0.2, 0.25) is 0 Å². The second kappa shape index (κ2) is 10.7. The Morgan fingerprint density at radius 3 is 2.58 bits per heavy atom. The van der Waals surface area contributed by atoms with Crippen LogP contribution in [-0.2, 0) is 11.3 Å². The zero-order valence-electron chi connectivity index (χ0n) is 17.1. The molecule has 0 spiro atoms. The molecule has 0 aliphatic heterocycles. The van der Waals surface area contributed by atoms with Crippen molar-refractivity contribution in [2.24, 2.45) is 0 Å². The van der Waals surface area contributed by atoms with Gasteiger partial charge in [0, 0.05) is 20.6 Å². The summed E-state index contributed by atoms with van der Waals surface area (Å²) in [6.07, 6.45) is 1.37. The molecule has 11 nitrogen and oxygen atoms in total. The topological polar surface area (TPSA) is 164 Å². The van der Waals surface area contributed by atoms with Crippen LogP contribution in [-0.4, -0.2) is 56.5 Å². The van der Waals surface area contributed by atoms with Gasteiger partial charge in [0.05, 0.1) is 11.1 Å². The minimum Gasteiger partial charge on any atom is -0.384 e. The highest BCUT2D eigenvalue weighted by atomic mass is 32.2. The lowest BCUT2D eigenvalue weighted by molar-refractivity contribution is -0.115. The number of thioether (sulfide) groups is 1. The first-order valence-corrected chi connectivity index (χ1v) is 10.9. The van der Waals surface area contributed by atoms with Gasteiger partial charge in [-0.15, -0.1) is 11.3 Å². The van der Waals surface area contributed by atoms with E-state index >= 15 is 0 Å². The lowest BCUT2D eigenvalue weighted by atomic mass is 10.2. The van der Waals surface area contributed by atoms with Crippen molar-refractivity contribution in [1.82, 2.24) is 24.4 Å². The number of amides is 1. The van der Waals surface area contributed by atoms with E-state index in [0.29, 0.717) is 23.2 Å². The highest BCUT2D eigenvalue weighted by molar-refractivity contribution is 7.99. The van der Waals surface area contributed by atoms with Crippen LogP contribution >= 0.6 is 23.1 Å². The molecule has 3 aromatic rings. The summed E-state index contributed by atoms with van der Waals surface area (Å²) in [7, 11) is 3.38. The third-order valence-corrected chi connectivity index (χ3v) is 5.51. The average molecular weight is 467 g/mol. The Balaban J connectivity index is 0.000000614. The number of anilines is 1. The maximum absolute atomic E-state index is 12.5. The largest absolute Gasteiger partial charge is 0.384 e. The van der Waals surface area contributed by atoms with Crippen LogP contribution in [0.5, 0.6) is 0 Å². The molecule has 31 heavy (non-hydrogen) atoms. The molecule has 0 radical (unpaired) electrons. The minimum atomic E-state index is -0.819. The van der Waals surface area contributed by atoms with Gasteiger partial charge >= 0.3 is 5.69 Å². The number of hydrogen-bond acceptors (Lipinski definition) is 9. The molecule has 13 heteroatoms. The van der Waals surface area contributed by atoms with Gasteiger partial charge in [-0.25, -0.2) is 9.78 Å². The Morgan fingerprint density at radius 2 is 1.97 bits per heavy atom. The first-order valence-electron chi connectivity index (χ1n) is 9.07. The highest BCUT2D eigenvalue weighted by Crippen LogP contribution is 2.20. The number of hydrogen-bond donors (Lipinski definition) is 3. The number of aromatic amines is 2. The van der Waals surface area contributed by atoms with E-state index in [4.69, 9.17) is 5.73 Å². The molecule has 0 bridgehead atoms. The Hall–Kier alpha value is -3.19. The van der Waals surface area contributed by atoms with Crippen molar-refractivity contribution in [3.63, 3.8) is 0 Å². The van der Waals surface area contributed by atoms with E-state index in [9.17, 15) is 24.0 Å². The molecule has 3 rings (SSSR count). The first-order chi connectivity index (χ1) is 14.7. The van der Waals surface area contributed by atoms with Crippen molar-refractivity contribution in [2.45, 2.75) is 25.0 Å². The number of carbonyl (C=O) groups excluding carboxylic acids is 2. The summed E-state index contributed by atoms with van der Waals surface area (Å²) in [6.45, 7) is 2.13. The Morgan fingerprint density at radius 1 is 1.29 bits per heavy atom. The average Bonchev–Trinajstić information content (AvgIpc) is 3.19. The second-order valence-electron chi connectivity index (χ2n) is 6.46. The fraction of sp³-hybridized carbons (Fsp3) is 0.333.